The van der Waals surface area contributed by atoms with Crippen LogP contribution in [0.25, 0.3) is 0 Å². The van der Waals surface area contributed by atoms with Crippen LogP contribution < -0.4 is 10.1 Å². The van der Waals surface area contributed by atoms with E-state index in [0.29, 0.717) is 21.5 Å². The number of amides is 1. The maximum absolute atomic E-state index is 12.0. The molecule has 1 amide bonds. The molecule has 3 rings (SSSR count). The summed E-state index contributed by atoms with van der Waals surface area (Å²) in [6, 6.07) is 12.1. The van der Waals surface area contributed by atoms with Crippen molar-refractivity contribution in [2.45, 2.75) is 11.8 Å². The molecular formula is C17H12Cl3N3O3S. The summed E-state index contributed by atoms with van der Waals surface area (Å²) in [7, 11) is 0. The summed E-state index contributed by atoms with van der Waals surface area (Å²) < 4.78 is 11.0. The van der Waals surface area contributed by atoms with E-state index in [1.165, 1.54) is 0 Å². The van der Waals surface area contributed by atoms with Gasteiger partial charge in [-0.3, -0.25) is 4.79 Å². The summed E-state index contributed by atoms with van der Waals surface area (Å²) in [6.45, 7) is 0.0710. The third-order valence-corrected chi connectivity index (χ3v) is 5.14. The van der Waals surface area contributed by atoms with Gasteiger partial charge in [0.1, 0.15) is 5.75 Å². The molecule has 10 heteroatoms. The number of hydrogen-bond acceptors (Lipinski definition) is 6. The maximum Gasteiger partial charge on any atom is 0.277 e. The molecule has 140 valence electrons. The van der Waals surface area contributed by atoms with Gasteiger partial charge in [-0.1, -0.05) is 64.8 Å². The van der Waals surface area contributed by atoms with Crippen LogP contribution in [0.15, 0.2) is 52.1 Å². The first-order valence-corrected chi connectivity index (χ1v) is 9.71. The summed E-state index contributed by atoms with van der Waals surface area (Å²) >= 11 is 19.1. The lowest BCUT2D eigenvalue weighted by molar-refractivity contribution is -0.113. The van der Waals surface area contributed by atoms with E-state index in [2.05, 4.69) is 15.5 Å². The Kier molecular flexibility index (Phi) is 6.84. The standard InChI is InChI=1S/C17H12Cl3N3O3S/c18-10-4-1-2-7-13(10)25-8-15-22-23-17(26-15)27-9-14(24)21-12-6-3-5-11(19)16(12)20/h1-7H,8-9H2,(H,21,24). The highest BCUT2D eigenvalue weighted by molar-refractivity contribution is 7.99. The van der Waals surface area contributed by atoms with E-state index in [1.807, 2.05) is 0 Å². The molecule has 0 spiro atoms. The van der Waals surface area contributed by atoms with Gasteiger partial charge in [-0.15, -0.1) is 10.2 Å². The molecule has 3 aromatic rings. The van der Waals surface area contributed by atoms with Crippen molar-refractivity contribution in [2.75, 3.05) is 11.1 Å². The first-order chi connectivity index (χ1) is 13.0. The lowest BCUT2D eigenvalue weighted by atomic mass is 10.3. The lowest BCUT2D eigenvalue weighted by Crippen LogP contribution is -2.14. The number of benzene rings is 2. The van der Waals surface area contributed by atoms with Crippen LogP contribution in [-0.2, 0) is 11.4 Å². The Morgan fingerprint density at radius 1 is 1.07 bits per heavy atom. The van der Waals surface area contributed by atoms with Crippen molar-refractivity contribution in [2.24, 2.45) is 0 Å². The Hall–Kier alpha value is -1.93. The zero-order chi connectivity index (χ0) is 19.2. The highest BCUT2D eigenvalue weighted by Crippen LogP contribution is 2.30. The number of halogens is 3. The van der Waals surface area contributed by atoms with Crippen molar-refractivity contribution in [1.82, 2.24) is 10.2 Å². The van der Waals surface area contributed by atoms with Crippen LogP contribution >= 0.6 is 46.6 Å². The molecule has 0 radical (unpaired) electrons. The number of thioether (sulfide) groups is 1. The Morgan fingerprint density at radius 2 is 1.85 bits per heavy atom. The summed E-state index contributed by atoms with van der Waals surface area (Å²) in [5, 5.41) is 11.8. The number of ether oxygens (including phenoxy) is 1. The van der Waals surface area contributed by atoms with E-state index in [9.17, 15) is 4.79 Å². The van der Waals surface area contributed by atoms with Gasteiger partial charge in [-0.2, -0.15) is 0 Å². The number of para-hydroxylation sites is 1. The first kappa shape index (κ1) is 19.8. The van der Waals surface area contributed by atoms with Crippen LogP contribution in [0.5, 0.6) is 5.75 Å². The van der Waals surface area contributed by atoms with Crippen LogP contribution in [0.2, 0.25) is 15.1 Å². The van der Waals surface area contributed by atoms with E-state index >= 15 is 0 Å². The average Bonchev–Trinajstić information content (AvgIpc) is 3.11. The number of nitrogens with zero attached hydrogens (tertiary/aromatic N) is 2. The number of nitrogens with one attached hydrogen (secondary N) is 1. The fraction of sp³-hybridized carbons (Fsp3) is 0.118. The smallest absolute Gasteiger partial charge is 0.277 e. The summed E-state index contributed by atoms with van der Waals surface area (Å²) in [5.41, 5.74) is 0.439. The van der Waals surface area contributed by atoms with Gasteiger partial charge >= 0.3 is 0 Å². The van der Waals surface area contributed by atoms with Gasteiger partial charge in [0.2, 0.25) is 5.91 Å². The Labute approximate surface area is 174 Å². The van der Waals surface area contributed by atoms with E-state index in [1.54, 1.807) is 42.5 Å². The van der Waals surface area contributed by atoms with Crippen LogP contribution in [0, 0.1) is 0 Å². The summed E-state index contributed by atoms with van der Waals surface area (Å²) in [4.78, 5) is 12.0. The van der Waals surface area contributed by atoms with Crippen molar-refractivity contribution in [3.8, 4) is 5.75 Å². The number of rotatable bonds is 7. The zero-order valence-corrected chi connectivity index (χ0v) is 16.7. The van der Waals surface area contributed by atoms with Crippen molar-refractivity contribution in [3.63, 3.8) is 0 Å². The molecule has 1 aromatic heterocycles. The quantitative estimate of drug-likeness (QED) is 0.496. The monoisotopic (exact) mass is 443 g/mol. The summed E-state index contributed by atoms with van der Waals surface area (Å²) in [5.74, 6) is 0.576. The molecule has 0 saturated carbocycles. The summed E-state index contributed by atoms with van der Waals surface area (Å²) in [6.07, 6.45) is 0. The molecule has 0 aliphatic rings. The second-order valence-electron chi connectivity index (χ2n) is 5.12. The molecule has 0 fully saturated rings. The molecule has 0 atom stereocenters. The molecule has 1 N–H and O–H groups in total. The minimum absolute atomic E-state index is 0.0653. The third-order valence-electron chi connectivity index (χ3n) is 3.19. The molecule has 0 unspecified atom stereocenters. The van der Waals surface area contributed by atoms with E-state index < -0.39 is 0 Å². The van der Waals surface area contributed by atoms with E-state index in [4.69, 9.17) is 44.0 Å². The van der Waals surface area contributed by atoms with Crippen LogP contribution in [0.1, 0.15) is 5.89 Å². The third kappa shape index (κ3) is 5.52. The minimum Gasteiger partial charge on any atom is -0.482 e. The predicted molar refractivity (Wildman–Crippen MR) is 106 cm³/mol. The average molecular weight is 445 g/mol. The SMILES string of the molecule is O=C(CSc1nnc(COc2ccccc2Cl)o1)Nc1cccc(Cl)c1Cl. The predicted octanol–water partition coefficient (Wildman–Crippen LogP) is 5.34. The highest BCUT2D eigenvalue weighted by Gasteiger charge is 2.13. The molecule has 0 aliphatic heterocycles. The molecule has 27 heavy (non-hydrogen) atoms. The Balaban J connectivity index is 1.50. The van der Waals surface area contributed by atoms with Gasteiger partial charge in [0.15, 0.2) is 6.61 Å². The van der Waals surface area contributed by atoms with Crippen molar-refractivity contribution in [3.05, 3.63) is 63.4 Å². The highest BCUT2D eigenvalue weighted by atomic mass is 35.5. The number of carbonyl (C=O) groups is 1. The normalized spacial score (nSPS) is 10.6. The Morgan fingerprint density at radius 3 is 2.67 bits per heavy atom. The molecule has 0 saturated heterocycles. The number of carbonyl (C=O) groups excluding carboxylic acids is 1. The largest absolute Gasteiger partial charge is 0.482 e. The van der Waals surface area contributed by atoms with Crippen LogP contribution in [0.3, 0.4) is 0 Å². The molecule has 0 aliphatic carbocycles. The van der Waals surface area contributed by atoms with Crippen LogP contribution in [-0.4, -0.2) is 21.9 Å². The van der Waals surface area contributed by atoms with E-state index in [0.717, 1.165) is 11.8 Å². The molecular weight excluding hydrogens is 433 g/mol. The second-order valence-corrected chi connectivity index (χ2v) is 7.24. The van der Waals surface area contributed by atoms with Gasteiger partial charge in [0.05, 0.1) is 26.5 Å². The maximum atomic E-state index is 12.0. The van der Waals surface area contributed by atoms with Crippen LogP contribution in [0.4, 0.5) is 5.69 Å². The molecule has 1 heterocycles. The second kappa shape index (κ2) is 9.32. The number of aromatic nitrogens is 2. The molecule has 2 aromatic carbocycles. The minimum atomic E-state index is -0.281. The van der Waals surface area contributed by atoms with Gasteiger partial charge in [-0.25, -0.2) is 0 Å². The fourth-order valence-corrected chi connectivity index (χ4v) is 3.09. The topological polar surface area (TPSA) is 77.2 Å². The van der Waals surface area contributed by atoms with Gasteiger partial charge in [0.25, 0.3) is 11.1 Å². The molecule has 6 nitrogen and oxygen atoms in total. The van der Waals surface area contributed by atoms with Crippen molar-refractivity contribution >= 4 is 58.2 Å². The zero-order valence-electron chi connectivity index (χ0n) is 13.6. The first-order valence-electron chi connectivity index (χ1n) is 7.59. The van der Waals surface area contributed by atoms with Gasteiger partial charge < -0.3 is 14.5 Å². The van der Waals surface area contributed by atoms with E-state index in [-0.39, 0.29) is 34.4 Å². The number of anilines is 1. The lowest BCUT2D eigenvalue weighted by Gasteiger charge is -2.07. The van der Waals surface area contributed by atoms with Crippen molar-refractivity contribution < 1.29 is 13.9 Å². The Bertz CT molecular complexity index is 952. The number of hydrogen-bond donors (Lipinski definition) is 1. The van der Waals surface area contributed by atoms with Gasteiger partial charge in [-0.05, 0) is 24.3 Å². The van der Waals surface area contributed by atoms with Crippen molar-refractivity contribution in [1.29, 1.82) is 0 Å². The molecule has 0 bridgehead atoms. The van der Waals surface area contributed by atoms with Gasteiger partial charge in [0, 0.05) is 0 Å². The fourth-order valence-electron chi connectivity index (χ4n) is 1.97.